The number of rotatable bonds is 4. The average Bonchev–Trinajstić information content (AvgIpc) is 3.27. The lowest BCUT2D eigenvalue weighted by Gasteiger charge is -2.06. The lowest BCUT2D eigenvalue weighted by molar-refractivity contribution is 0.103. The molecule has 3 N–H and O–H groups in total. The topological polar surface area (TPSA) is 102 Å². The molecule has 9 heteroatoms. The molecular weight excluding hydrogens is 392 g/mol. The first kappa shape index (κ1) is 18.8. The number of nitrogens with zero attached hydrogens (tertiary/aromatic N) is 1. The summed E-state index contributed by atoms with van der Waals surface area (Å²) in [7, 11) is 0. The van der Waals surface area contributed by atoms with Crippen LogP contribution in [0, 0.1) is 13.8 Å². The highest BCUT2D eigenvalue weighted by Crippen LogP contribution is 2.34. The molecule has 1 aromatic heterocycles. The monoisotopic (exact) mass is 410 g/mol. The maximum absolute atomic E-state index is 12.6. The molecular formula is C20H18N4O4S. The Balaban J connectivity index is 1.41. The molecule has 4 rings (SSSR count). The van der Waals surface area contributed by atoms with E-state index in [0.717, 1.165) is 16.9 Å². The molecule has 0 fully saturated rings. The summed E-state index contributed by atoms with van der Waals surface area (Å²) in [6.07, 6.45) is 0. The highest BCUT2D eigenvalue weighted by Gasteiger charge is 2.19. The van der Waals surface area contributed by atoms with Crippen LogP contribution >= 0.6 is 11.3 Å². The van der Waals surface area contributed by atoms with Crippen molar-refractivity contribution in [3.05, 3.63) is 58.6 Å². The van der Waals surface area contributed by atoms with E-state index in [4.69, 9.17) is 9.47 Å². The van der Waals surface area contributed by atoms with Crippen LogP contribution in [0.4, 0.5) is 21.3 Å². The van der Waals surface area contributed by atoms with Crippen molar-refractivity contribution >= 4 is 39.8 Å². The number of aromatic nitrogens is 1. The summed E-state index contributed by atoms with van der Waals surface area (Å²) >= 11 is 1.10. The Morgan fingerprint density at radius 3 is 2.59 bits per heavy atom. The minimum Gasteiger partial charge on any atom is -0.454 e. The van der Waals surface area contributed by atoms with Crippen LogP contribution in [-0.2, 0) is 0 Å². The van der Waals surface area contributed by atoms with Gasteiger partial charge in [0.25, 0.3) is 5.91 Å². The molecule has 0 radical (unpaired) electrons. The van der Waals surface area contributed by atoms with Crippen molar-refractivity contribution in [2.75, 3.05) is 22.7 Å². The number of amides is 3. The second-order valence-electron chi connectivity index (χ2n) is 6.40. The van der Waals surface area contributed by atoms with E-state index in [0.29, 0.717) is 38.6 Å². The summed E-state index contributed by atoms with van der Waals surface area (Å²) < 4.78 is 10.6. The van der Waals surface area contributed by atoms with Gasteiger partial charge in [0.2, 0.25) is 6.79 Å². The van der Waals surface area contributed by atoms with Crippen LogP contribution in [0.15, 0.2) is 42.5 Å². The quantitative estimate of drug-likeness (QED) is 0.592. The molecule has 0 saturated heterocycles. The zero-order valence-electron chi connectivity index (χ0n) is 15.7. The third-order valence-electron chi connectivity index (χ3n) is 4.13. The molecule has 3 aromatic rings. The zero-order valence-corrected chi connectivity index (χ0v) is 16.6. The van der Waals surface area contributed by atoms with Gasteiger partial charge < -0.3 is 20.1 Å². The molecule has 0 spiro atoms. The molecule has 0 atom stereocenters. The van der Waals surface area contributed by atoms with E-state index in [2.05, 4.69) is 20.9 Å². The fraction of sp³-hybridized carbons (Fsp3) is 0.150. The lowest BCUT2D eigenvalue weighted by Crippen LogP contribution is -2.19. The van der Waals surface area contributed by atoms with E-state index in [1.165, 1.54) is 0 Å². The van der Waals surface area contributed by atoms with Crippen LogP contribution in [-0.4, -0.2) is 23.7 Å². The lowest BCUT2D eigenvalue weighted by atomic mass is 10.2. The van der Waals surface area contributed by atoms with Crippen molar-refractivity contribution in [3.8, 4) is 11.5 Å². The van der Waals surface area contributed by atoms with Gasteiger partial charge in [-0.2, -0.15) is 0 Å². The number of aryl methyl sites for hydroxylation is 2. The minimum atomic E-state index is -0.424. The summed E-state index contributed by atoms with van der Waals surface area (Å²) in [6, 6.07) is 12.2. The first-order valence-electron chi connectivity index (χ1n) is 8.81. The van der Waals surface area contributed by atoms with Gasteiger partial charge >= 0.3 is 6.03 Å². The molecule has 1 aliphatic rings. The number of ether oxygens (including phenoxy) is 2. The Morgan fingerprint density at radius 2 is 1.76 bits per heavy atom. The molecule has 0 aliphatic carbocycles. The highest BCUT2D eigenvalue weighted by atomic mass is 32.1. The summed E-state index contributed by atoms with van der Waals surface area (Å²) in [4.78, 5) is 29.5. The third-order valence-corrected chi connectivity index (χ3v) is 5.20. The van der Waals surface area contributed by atoms with Gasteiger partial charge in [0.15, 0.2) is 16.6 Å². The Bertz CT molecular complexity index is 1100. The molecule has 1 aliphatic heterocycles. The number of anilines is 3. The van der Waals surface area contributed by atoms with E-state index in [1.54, 1.807) is 31.2 Å². The van der Waals surface area contributed by atoms with Gasteiger partial charge in [0.05, 0.1) is 5.69 Å². The fourth-order valence-corrected chi connectivity index (χ4v) is 3.66. The molecule has 2 aromatic carbocycles. The number of carbonyl (C=O) groups is 2. The molecule has 8 nitrogen and oxygen atoms in total. The van der Waals surface area contributed by atoms with Gasteiger partial charge in [-0.1, -0.05) is 23.5 Å². The van der Waals surface area contributed by atoms with E-state index in [1.807, 2.05) is 25.1 Å². The number of hydrogen-bond acceptors (Lipinski definition) is 6. The van der Waals surface area contributed by atoms with Crippen LogP contribution in [0.3, 0.4) is 0 Å². The Hall–Kier alpha value is -3.59. The van der Waals surface area contributed by atoms with Crippen LogP contribution in [0.5, 0.6) is 11.5 Å². The van der Waals surface area contributed by atoms with Crippen molar-refractivity contribution in [2.24, 2.45) is 0 Å². The van der Waals surface area contributed by atoms with E-state index in [9.17, 15) is 9.59 Å². The van der Waals surface area contributed by atoms with Gasteiger partial charge in [-0.15, -0.1) is 0 Å². The van der Waals surface area contributed by atoms with Crippen LogP contribution < -0.4 is 25.4 Å². The number of carbonyl (C=O) groups excluding carboxylic acids is 2. The molecule has 0 unspecified atom stereocenters. The standard InChI is InChI=1S/C20H18N4O4S/c1-11-4-3-5-13(8-11)23-19(26)24-20-21-12(2)17(29-20)18(25)22-14-6-7-15-16(9-14)28-10-27-15/h3-9H,10H2,1-2H3,(H,22,25)(H2,21,23,24,26). The van der Waals surface area contributed by atoms with Crippen molar-refractivity contribution in [1.82, 2.24) is 4.98 Å². The highest BCUT2D eigenvalue weighted by molar-refractivity contribution is 7.17. The number of thiazole rings is 1. The summed E-state index contributed by atoms with van der Waals surface area (Å²) in [6.45, 7) is 3.83. The second kappa shape index (κ2) is 7.80. The van der Waals surface area contributed by atoms with Crippen molar-refractivity contribution < 1.29 is 19.1 Å². The molecule has 0 saturated carbocycles. The molecule has 3 amide bonds. The summed E-state index contributed by atoms with van der Waals surface area (Å²) in [5.41, 5.74) is 2.82. The molecule has 0 bridgehead atoms. The van der Waals surface area contributed by atoms with Gasteiger partial charge in [-0.25, -0.2) is 9.78 Å². The molecule has 2 heterocycles. The van der Waals surface area contributed by atoms with E-state index < -0.39 is 6.03 Å². The Kier molecular flexibility index (Phi) is 5.05. The van der Waals surface area contributed by atoms with Crippen molar-refractivity contribution in [3.63, 3.8) is 0 Å². The van der Waals surface area contributed by atoms with E-state index in [-0.39, 0.29) is 12.7 Å². The largest absolute Gasteiger partial charge is 0.454 e. The number of hydrogen-bond donors (Lipinski definition) is 3. The predicted molar refractivity (Wildman–Crippen MR) is 111 cm³/mol. The second-order valence-corrected chi connectivity index (χ2v) is 7.40. The SMILES string of the molecule is Cc1cccc(NC(=O)Nc2nc(C)c(C(=O)Nc3ccc4c(c3)OCO4)s2)c1. The van der Waals surface area contributed by atoms with Crippen molar-refractivity contribution in [1.29, 1.82) is 0 Å². The number of fused-ring (bicyclic) bond motifs is 1. The normalized spacial score (nSPS) is 11.8. The number of urea groups is 1. The minimum absolute atomic E-state index is 0.167. The van der Waals surface area contributed by atoms with Crippen LogP contribution in [0.2, 0.25) is 0 Å². The first-order valence-corrected chi connectivity index (χ1v) is 9.63. The average molecular weight is 410 g/mol. The van der Waals surface area contributed by atoms with Crippen LogP contribution in [0.25, 0.3) is 0 Å². The van der Waals surface area contributed by atoms with Gasteiger partial charge in [-0.3, -0.25) is 10.1 Å². The summed E-state index contributed by atoms with van der Waals surface area (Å²) in [5.74, 6) is 0.910. The fourth-order valence-electron chi connectivity index (χ4n) is 2.80. The summed E-state index contributed by atoms with van der Waals surface area (Å²) in [5, 5.41) is 8.55. The van der Waals surface area contributed by atoms with Gasteiger partial charge in [-0.05, 0) is 43.7 Å². The van der Waals surface area contributed by atoms with Gasteiger partial charge in [0.1, 0.15) is 4.88 Å². The Labute approximate surface area is 170 Å². The number of benzene rings is 2. The molecule has 148 valence electrons. The predicted octanol–water partition coefficient (Wildman–Crippen LogP) is 4.38. The van der Waals surface area contributed by atoms with Crippen molar-refractivity contribution in [2.45, 2.75) is 13.8 Å². The maximum atomic E-state index is 12.6. The first-order chi connectivity index (χ1) is 14.0. The molecule has 29 heavy (non-hydrogen) atoms. The Morgan fingerprint density at radius 1 is 0.966 bits per heavy atom. The van der Waals surface area contributed by atoms with Crippen LogP contribution in [0.1, 0.15) is 20.9 Å². The van der Waals surface area contributed by atoms with E-state index >= 15 is 0 Å². The number of nitrogens with one attached hydrogen (secondary N) is 3. The van der Waals surface area contributed by atoms with Gasteiger partial charge in [0, 0.05) is 17.4 Å². The zero-order chi connectivity index (χ0) is 20.4. The maximum Gasteiger partial charge on any atom is 0.325 e. The smallest absolute Gasteiger partial charge is 0.325 e. The third kappa shape index (κ3) is 4.30.